The zero-order chi connectivity index (χ0) is 15.6. The molecule has 0 atom stereocenters. The molecule has 0 aliphatic rings. The van der Waals surface area contributed by atoms with E-state index in [1.807, 2.05) is 42.5 Å². The van der Waals surface area contributed by atoms with E-state index in [2.05, 4.69) is 21.5 Å². The van der Waals surface area contributed by atoms with Crippen LogP contribution in [0.4, 0.5) is 5.69 Å². The number of thiazole rings is 1. The van der Waals surface area contributed by atoms with Gasteiger partial charge < -0.3 is 9.84 Å². The van der Waals surface area contributed by atoms with Crippen LogP contribution in [0.25, 0.3) is 20.8 Å². The second-order valence-electron chi connectivity index (χ2n) is 4.89. The van der Waals surface area contributed by atoms with Crippen LogP contribution < -0.4 is 5.32 Å². The molecule has 2 heterocycles. The Morgan fingerprint density at radius 1 is 1.04 bits per heavy atom. The minimum Gasteiger partial charge on any atom is -0.351 e. The van der Waals surface area contributed by atoms with Crippen molar-refractivity contribution < 1.29 is 9.32 Å². The second-order valence-corrected chi connectivity index (χ2v) is 5.93. The van der Waals surface area contributed by atoms with E-state index in [0.29, 0.717) is 5.69 Å². The van der Waals surface area contributed by atoms with Gasteiger partial charge in [-0.1, -0.05) is 17.3 Å². The van der Waals surface area contributed by atoms with E-state index in [0.717, 1.165) is 20.8 Å². The van der Waals surface area contributed by atoms with Gasteiger partial charge >= 0.3 is 0 Å². The van der Waals surface area contributed by atoms with E-state index in [1.54, 1.807) is 11.3 Å². The van der Waals surface area contributed by atoms with Crippen molar-refractivity contribution in [1.82, 2.24) is 10.1 Å². The first-order valence-electron chi connectivity index (χ1n) is 6.98. The van der Waals surface area contributed by atoms with Gasteiger partial charge in [0.05, 0.1) is 16.4 Å². The number of carbonyl (C=O) groups excluding carboxylic acids is 1. The van der Waals surface area contributed by atoms with Crippen molar-refractivity contribution in [2.45, 2.75) is 0 Å². The van der Waals surface area contributed by atoms with Gasteiger partial charge in [-0.25, -0.2) is 4.98 Å². The largest absolute Gasteiger partial charge is 0.351 e. The topological polar surface area (TPSA) is 68.0 Å². The predicted octanol–water partition coefficient (Wildman–Crippen LogP) is 4.20. The summed E-state index contributed by atoms with van der Waals surface area (Å²) in [6, 6.07) is 17.1. The molecule has 4 rings (SSSR count). The van der Waals surface area contributed by atoms with Gasteiger partial charge in [0.2, 0.25) is 5.76 Å². The van der Waals surface area contributed by atoms with E-state index in [-0.39, 0.29) is 11.7 Å². The van der Waals surface area contributed by atoms with Gasteiger partial charge in [-0.2, -0.15) is 0 Å². The molecule has 0 bridgehead atoms. The molecule has 0 saturated heterocycles. The second kappa shape index (κ2) is 5.66. The fourth-order valence-electron chi connectivity index (χ4n) is 2.22. The standard InChI is InChI=1S/C17H11N3O2S/c21-16(14-9-10-18-22-14)19-12-7-5-11(6-8-12)17-20-13-3-1-2-4-15(13)23-17/h1-10H,(H,19,21). The maximum absolute atomic E-state index is 11.9. The van der Waals surface area contributed by atoms with Crippen molar-refractivity contribution in [2.24, 2.45) is 0 Å². The molecule has 2 aromatic carbocycles. The lowest BCUT2D eigenvalue weighted by molar-refractivity contribution is 0.0988. The monoisotopic (exact) mass is 321 g/mol. The Morgan fingerprint density at radius 3 is 2.61 bits per heavy atom. The number of hydrogen-bond donors (Lipinski definition) is 1. The summed E-state index contributed by atoms with van der Waals surface area (Å²) < 4.78 is 5.98. The average Bonchev–Trinajstić information content (AvgIpc) is 3.25. The Bertz CT molecular complexity index is 926. The highest BCUT2D eigenvalue weighted by molar-refractivity contribution is 7.21. The molecule has 0 unspecified atom stereocenters. The molecule has 0 aliphatic heterocycles. The number of anilines is 1. The third-order valence-electron chi connectivity index (χ3n) is 3.35. The van der Waals surface area contributed by atoms with E-state index >= 15 is 0 Å². The van der Waals surface area contributed by atoms with Crippen molar-refractivity contribution in [3.05, 3.63) is 66.6 Å². The van der Waals surface area contributed by atoms with Crippen LogP contribution in [0, 0.1) is 0 Å². The van der Waals surface area contributed by atoms with Crippen molar-refractivity contribution in [3.63, 3.8) is 0 Å². The summed E-state index contributed by atoms with van der Waals surface area (Å²) in [5, 5.41) is 7.23. The molecule has 0 saturated carbocycles. The van der Waals surface area contributed by atoms with Crippen LogP contribution in [0.15, 0.2) is 65.3 Å². The van der Waals surface area contributed by atoms with Crippen LogP contribution in [-0.2, 0) is 0 Å². The first-order chi connectivity index (χ1) is 11.3. The van der Waals surface area contributed by atoms with E-state index < -0.39 is 0 Å². The Hall–Kier alpha value is -2.99. The number of amides is 1. The molecule has 5 nitrogen and oxygen atoms in total. The molecule has 0 aliphatic carbocycles. The number of aromatic nitrogens is 2. The molecule has 0 fully saturated rings. The molecule has 4 aromatic rings. The molecule has 1 amide bonds. The van der Waals surface area contributed by atoms with Gasteiger partial charge in [0.15, 0.2) is 0 Å². The van der Waals surface area contributed by atoms with Crippen molar-refractivity contribution in [3.8, 4) is 10.6 Å². The Morgan fingerprint density at radius 2 is 1.87 bits per heavy atom. The lowest BCUT2D eigenvalue weighted by atomic mass is 10.2. The highest BCUT2D eigenvalue weighted by Gasteiger charge is 2.10. The van der Waals surface area contributed by atoms with Gasteiger partial charge in [-0.15, -0.1) is 11.3 Å². The van der Waals surface area contributed by atoms with Gasteiger partial charge in [-0.3, -0.25) is 4.79 Å². The van der Waals surface area contributed by atoms with Crippen LogP contribution in [0.5, 0.6) is 0 Å². The zero-order valence-corrected chi connectivity index (χ0v) is 12.7. The molecule has 0 spiro atoms. The summed E-state index contributed by atoms with van der Waals surface area (Å²) in [4.78, 5) is 16.5. The zero-order valence-electron chi connectivity index (χ0n) is 11.9. The SMILES string of the molecule is O=C(Nc1ccc(-c2nc3ccccc3s2)cc1)c1ccno1. The Labute approximate surface area is 135 Å². The third-order valence-corrected chi connectivity index (χ3v) is 4.43. The Balaban J connectivity index is 1.57. The van der Waals surface area contributed by atoms with Gasteiger partial charge in [0, 0.05) is 17.3 Å². The van der Waals surface area contributed by atoms with Gasteiger partial charge in [0.25, 0.3) is 5.91 Å². The number of rotatable bonds is 3. The fourth-order valence-corrected chi connectivity index (χ4v) is 3.19. The number of para-hydroxylation sites is 1. The Kier molecular flexibility index (Phi) is 3.36. The number of fused-ring (bicyclic) bond motifs is 1. The fraction of sp³-hybridized carbons (Fsp3) is 0. The minimum absolute atomic E-state index is 0.181. The summed E-state index contributed by atoms with van der Waals surface area (Å²) in [6.07, 6.45) is 1.44. The van der Waals surface area contributed by atoms with Crippen LogP contribution in [0.1, 0.15) is 10.6 Å². The molecule has 0 radical (unpaired) electrons. The highest BCUT2D eigenvalue weighted by atomic mass is 32.1. The number of nitrogens with zero attached hydrogens (tertiary/aromatic N) is 2. The van der Waals surface area contributed by atoms with Crippen LogP contribution in [0.3, 0.4) is 0 Å². The van der Waals surface area contributed by atoms with Crippen LogP contribution >= 0.6 is 11.3 Å². The summed E-state index contributed by atoms with van der Waals surface area (Å²) in [5.74, 6) is -0.143. The lowest BCUT2D eigenvalue weighted by Crippen LogP contribution is -2.10. The van der Waals surface area contributed by atoms with Crippen molar-refractivity contribution >= 4 is 33.1 Å². The van der Waals surface area contributed by atoms with Gasteiger partial charge in [0.1, 0.15) is 5.01 Å². The number of nitrogens with one attached hydrogen (secondary N) is 1. The number of benzene rings is 2. The maximum Gasteiger partial charge on any atom is 0.294 e. The van der Waals surface area contributed by atoms with Crippen molar-refractivity contribution in [1.29, 1.82) is 0 Å². The molecule has 2 aromatic heterocycles. The summed E-state index contributed by atoms with van der Waals surface area (Å²) in [6.45, 7) is 0. The normalized spacial score (nSPS) is 10.8. The smallest absolute Gasteiger partial charge is 0.294 e. The summed E-state index contributed by atoms with van der Waals surface area (Å²) in [5.41, 5.74) is 2.70. The first-order valence-corrected chi connectivity index (χ1v) is 7.79. The van der Waals surface area contributed by atoms with E-state index in [4.69, 9.17) is 4.52 Å². The molecular weight excluding hydrogens is 310 g/mol. The third kappa shape index (κ3) is 2.72. The van der Waals surface area contributed by atoms with E-state index in [1.165, 1.54) is 12.3 Å². The summed E-state index contributed by atoms with van der Waals surface area (Å²) in [7, 11) is 0. The predicted molar refractivity (Wildman–Crippen MR) is 89.5 cm³/mol. The molecule has 6 heteroatoms. The van der Waals surface area contributed by atoms with Crippen LogP contribution in [-0.4, -0.2) is 16.0 Å². The lowest BCUT2D eigenvalue weighted by Gasteiger charge is -2.03. The molecule has 1 N–H and O–H groups in total. The number of carbonyl (C=O) groups is 1. The highest BCUT2D eigenvalue weighted by Crippen LogP contribution is 2.30. The van der Waals surface area contributed by atoms with E-state index in [9.17, 15) is 4.79 Å². The molecule has 112 valence electrons. The van der Waals surface area contributed by atoms with Crippen LogP contribution in [0.2, 0.25) is 0 Å². The number of hydrogen-bond acceptors (Lipinski definition) is 5. The molecular formula is C17H11N3O2S. The quantitative estimate of drug-likeness (QED) is 0.614. The maximum atomic E-state index is 11.9. The average molecular weight is 321 g/mol. The van der Waals surface area contributed by atoms with Crippen molar-refractivity contribution in [2.75, 3.05) is 5.32 Å². The van der Waals surface area contributed by atoms with Gasteiger partial charge in [-0.05, 0) is 36.4 Å². The first kappa shape index (κ1) is 13.7. The molecule has 23 heavy (non-hydrogen) atoms. The minimum atomic E-state index is -0.324. The summed E-state index contributed by atoms with van der Waals surface area (Å²) >= 11 is 1.65.